The van der Waals surface area contributed by atoms with Crippen LogP contribution in [0.5, 0.6) is 5.75 Å². The highest BCUT2D eigenvalue weighted by molar-refractivity contribution is 9.10. The summed E-state index contributed by atoms with van der Waals surface area (Å²) in [5.74, 6) is -0.162. The number of halogens is 2. The zero-order chi connectivity index (χ0) is 12.3. The van der Waals surface area contributed by atoms with Crippen molar-refractivity contribution in [2.24, 2.45) is 0 Å². The Morgan fingerprint density at radius 2 is 2.00 bits per heavy atom. The van der Waals surface area contributed by atoms with Crippen molar-refractivity contribution in [2.75, 3.05) is 38.7 Å². The highest BCUT2D eigenvalue weighted by Gasteiger charge is 2.13. The van der Waals surface area contributed by atoms with E-state index < -0.39 is 5.82 Å². The highest BCUT2D eigenvalue weighted by atomic mass is 79.9. The number of benzene rings is 1. The molecule has 0 spiro atoms. The molecule has 1 rings (SSSR count). The third kappa shape index (κ3) is 2.99. The summed E-state index contributed by atoms with van der Waals surface area (Å²) in [6, 6.07) is 1.48. The zero-order valence-corrected chi connectivity index (χ0v) is 10.8. The topological polar surface area (TPSA) is 64.5 Å². The third-order valence-electron chi connectivity index (χ3n) is 2.06. The molecule has 0 fully saturated rings. The first-order valence-electron chi connectivity index (χ1n) is 4.74. The van der Waals surface area contributed by atoms with Crippen LogP contribution >= 0.6 is 15.9 Å². The van der Waals surface area contributed by atoms with Crippen LogP contribution in [0.15, 0.2) is 10.5 Å². The van der Waals surface area contributed by atoms with Crippen LogP contribution in [0.25, 0.3) is 0 Å². The van der Waals surface area contributed by atoms with Gasteiger partial charge in [-0.3, -0.25) is 0 Å². The molecular weight excluding hydrogens is 277 g/mol. The van der Waals surface area contributed by atoms with Gasteiger partial charge in [-0.2, -0.15) is 0 Å². The van der Waals surface area contributed by atoms with E-state index in [1.54, 1.807) is 0 Å². The second-order valence-corrected chi connectivity index (χ2v) is 4.50. The van der Waals surface area contributed by atoms with Crippen molar-refractivity contribution in [1.82, 2.24) is 4.90 Å². The molecule has 0 unspecified atom stereocenters. The molecule has 0 atom stereocenters. The largest absolute Gasteiger partial charge is 0.490 e. The van der Waals surface area contributed by atoms with Crippen LogP contribution in [0, 0.1) is 5.82 Å². The Hall–Kier alpha value is -1.01. The summed E-state index contributed by atoms with van der Waals surface area (Å²) in [4.78, 5) is 1.97. The number of hydrogen-bond acceptors (Lipinski definition) is 4. The Labute approximate surface area is 102 Å². The van der Waals surface area contributed by atoms with E-state index in [4.69, 9.17) is 16.2 Å². The molecular formula is C10H15BrFN3O. The van der Waals surface area contributed by atoms with Gasteiger partial charge < -0.3 is 21.1 Å². The molecule has 0 aliphatic rings. The van der Waals surface area contributed by atoms with Crippen LogP contribution in [0.2, 0.25) is 0 Å². The summed E-state index contributed by atoms with van der Waals surface area (Å²) in [7, 11) is 3.86. The van der Waals surface area contributed by atoms with E-state index in [9.17, 15) is 4.39 Å². The van der Waals surface area contributed by atoms with Crippen LogP contribution in [0.3, 0.4) is 0 Å². The van der Waals surface area contributed by atoms with Crippen LogP contribution in [0.4, 0.5) is 15.8 Å². The lowest BCUT2D eigenvalue weighted by Crippen LogP contribution is -2.20. The fraction of sp³-hybridized carbons (Fsp3) is 0.400. The van der Waals surface area contributed by atoms with Crippen molar-refractivity contribution < 1.29 is 9.13 Å². The average Bonchev–Trinajstić information content (AvgIpc) is 2.22. The van der Waals surface area contributed by atoms with Crippen molar-refractivity contribution in [1.29, 1.82) is 0 Å². The SMILES string of the molecule is CN(C)CCOc1cc(Br)c(F)c(N)c1N. The molecule has 1 aromatic rings. The maximum absolute atomic E-state index is 13.3. The first-order chi connectivity index (χ1) is 7.43. The number of nitrogen functional groups attached to an aromatic ring is 2. The van der Waals surface area contributed by atoms with E-state index in [0.717, 1.165) is 6.54 Å². The van der Waals surface area contributed by atoms with Gasteiger partial charge in [-0.05, 0) is 36.1 Å². The van der Waals surface area contributed by atoms with Gasteiger partial charge >= 0.3 is 0 Å². The van der Waals surface area contributed by atoms with Gasteiger partial charge in [-0.15, -0.1) is 0 Å². The number of rotatable bonds is 4. The summed E-state index contributed by atoms with van der Waals surface area (Å²) < 4.78 is 19.0. The molecule has 0 bridgehead atoms. The van der Waals surface area contributed by atoms with E-state index in [2.05, 4.69) is 15.9 Å². The smallest absolute Gasteiger partial charge is 0.162 e. The lowest BCUT2D eigenvalue weighted by Gasteiger charge is -2.14. The number of nitrogens with two attached hydrogens (primary N) is 2. The van der Waals surface area contributed by atoms with E-state index in [1.807, 2.05) is 19.0 Å². The Balaban J connectivity index is 2.81. The molecule has 1 aromatic carbocycles. The number of anilines is 2. The number of nitrogens with zero attached hydrogens (tertiary/aromatic N) is 1. The molecule has 0 aliphatic heterocycles. The second-order valence-electron chi connectivity index (χ2n) is 3.65. The van der Waals surface area contributed by atoms with E-state index in [-0.39, 0.29) is 15.8 Å². The first kappa shape index (κ1) is 13.1. The third-order valence-corrected chi connectivity index (χ3v) is 2.63. The quantitative estimate of drug-likeness (QED) is 0.829. The Morgan fingerprint density at radius 3 is 2.56 bits per heavy atom. The van der Waals surface area contributed by atoms with Crippen LogP contribution in [0.1, 0.15) is 0 Å². The number of likely N-dealkylation sites (N-methyl/N-ethyl adjacent to an activating group) is 1. The normalized spacial score (nSPS) is 10.8. The Morgan fingerprint density at radius 1 is 1.38 bits per heavy atom. The highest BCUT2D eigenvalue weighted by Crippen LogP contribution is 2.35. The van der Waals surface area contributed by atoms with Gasteiger partial charge in [0.25, 0.3) is 0 Å². The van der Waals surface area contributed by atoms with E-state index >= 15 is 0 Å². The summed E-state index contributed by atoms with van der Waals surface area (Å²) in [6.07, 6.45) is 0. The van der Waals surface area contributed by atoms with Gasteiger partial charge in [0.15, 0.2) is 5.82 Å². The predicted octanol–water partition coefficient (Wildman–Crippen LogP) is 1.69. The summed E-state index contributed by atoms with van der Waals surface area (Å²) in [5.41, 5.74) is 11.2. The van der Waals surface area contributed by atoms with Crippen molar-refractivity contribution >= 4 is 27.3 Å². The molecule has 0 amide bonds. The second kappa shape index (κ2) is 5.36. The molecule has 0 saturated carbocycles. The molecule has 0 heterocycles. The standard InChI is InChI=1S/C10H15BrFN3O/c1-15(2)3-4-16-7-5-6(11)8(12)10(14)9(7)13/h5H,3-4,13-14H2,1-2H3. The maximum atomic E-state index is 13.3. The van der Waals surface area contributed by atoms with Crippen molar-refractivity contribution in [2.45, 2.75) is 0 Å². The molecule has 90 valence electrons. The molecule has 0 saturated heterocycles. The molecule has 0 aromatic heterocycles. The fourth-order valence-corrected chi connectivity index (χ4v) is 1.51. The van der Waals surface area contributed by atoms with Gasteiger partial charge in [0.2, 0.25) is 0 Å². The number of ether oxygens (including phenoxy) is 1. The molecule has 4 nitrogen and oxygen atoms in total. The first-order valence-corrected chi connectivity index (χ1v) is 5.53. The molecule has 16 heavy (non-hydrogen) atoms. The minimum atomic E-state index is -0.558. The Bertz CT molecular complexity index is 385. The van der Waals surface area contributed by atoms with Gasteiger partial charge in [-0.25, -0.2) is 4.39 Å². The Kier molecular flexibility index (Phi) is 4.37. The summed E-state index contributed by atoms with van der Waals surface area (Å²) >= 11 is 3.05. The van der Waals surface area contributed by atoms with Gasteiger partial charge in [0, 0.05) is 6.54 Å². The fourth-order valence-electron chi connectivity index (χ4n) is 1.09. The zero-order valence-electron chi connectivity index (χ0n) is 9.26. The monoisotopic (exact) mass is 291 g/mol. The van der Waals surface area contributed by atoms with Crippen LogP contribution in [-0.4, -0.2) is 32.1 Å². The van der Waals surface area contributed by atoms with Crippen LogP contribution < -0.4 is 16.2 Å². The van der Waals surface area contributed by atoms with Crippen molar-refractivity contribution in [3.63, 3.8) is 0 Å². The molecule has 0 radical (unpaired) electrons. The van der Waals surface area contributed by atoms with Crippen molar-refractivity contribution in [3.05, 3.63) is 16.4 Å². The molecule has 0 aliphatic carbocycles. The molecule has 4 N–H and O–H groups in total. The minimum Gasteiger partial charge on any atom is -0.490 e. The van der Waals surface area contributed by atoms with Crippen molar-refractivity contribution in [3.8, 4) is 5.75 Å². The van der Waals surface area contributed by atoms with Gasteiger partial charge in [0.1, 0.15) is 18.0 Å². The summed E-state index contributed by atoms with van der Waals surface area (Å²) in [5, 5.41) is 0. The van der Waals surface area contributed by atoms with E-state index in [0.29, 0.717) is 12.4 Å². The summed E-state index contributed by atoms with van der Waals surface area (Å²) in [6.45, 7) is 1.21. The minimum absolute atomic E-state index is 0.0887. The average molecular weight is 292 g/mol. The number of hydrogen-bond donors (Lipinski definition) is 2. The van der Waals surface area contributed by atoms with Crippen LogP contribution in [-0.2, 0) is 0 Å². The van der Waals surface area contributed by atoms with Gasteiger partial charge in [0.05, 0.1) is 10.2 Å². The predicted molar refractivity (Wildman–Crippen MR) is 67.0 cm³/mol. The van der Waals surface area contributed by atoms with Gasteiger partial charge in [-0.1, -0.05) is 0 Å². The maximum Gasteiger partial charge on any atom is 0.162 e. The molecule has 6 heteroatoms. The van der Waals surface area contributed by atoms with E-state index in [1.165, 1.54) is 6.07 Å². The lowest BCUT2D eigenvalue weighted by molar-refractivity contribution is 0.262. The lowest BCUT2D eigenvalue weighted by atomic mass is 10.2.